The predicted molar refractivity (Wildman–Crippen MR) is 100 cm³/mol. The lowest BCUT2D eigenvalue weighted by Crippen LogP contribution is -2.39. The third-order valence-corrected chi connectivity index (χ3v) is 6.93. The van der Waals surface area contributed by atoms with Crippen molar-refractivity contribution in [2.45, 2.75) is 12.1 Å². The number of hydrogen-bond acceptors (Lipinski definition) is 7. The molecule has 136 valence electrons. The molecule has 0 N–H and O–H groups in total. The van der Waals surface area contributed by atoms with Crippen molar-refractivity contribution in [1.82, 2.24) is 4.90 Å². The lowest BCUT2D eigenvalue weighted by Gasteiger charge is -2.28. The number of thioether (sulfide) groups is 1. The molecule has 3 rings (SSSR count). The number of sulfone groups is 1. The quantitative estimate of drug-likeness (QED) is 0.767. The molecule has 0 saturated carbocycles. The van der Waals surface area contributed by atoms with Crippen LogP contribution in [0.15, 0.2) is 29.3 Å². The van der Waals surface area contributed by atoms with Crippen molar-refractivity contribution >= 4 is 38.4 Å². The van der Waals surface area contributed by atoms with Gasteiger partial charge in [-0.1, -0.05) is 23.9 Å². The number of carbonyl (C=O) groups is 1. The molecule has 25 heavy (non-hydrogen) atoms. The van der Waals surface area contributed by atoms with Gasteiger partial charge in [-0.3, -0.25) is 9.79 Å². The van der Waals surface area contributed by atoms with Crippen LogP contribution in [-0.4, -0.2) is 74.9 Å². The van der Waals surface area contributed by atoms with Crippen LogP contribution in [0, 0.1) is 0 Å². The fourth-order valence-electron chi connectivity index (χ4n) is 3.00. The van der Waals surface area contributed by atoms with E-state index in [1.165, 1.54) is 16.7 Å². The summed E-state index contributed by atoms with van der Waals surface area (Å²) in [6.45, 7) is 0. The Morgan fingerprint density at radius 3 is 2.76 bits per heavy atom. The van der Waals surface area contributed by atoms with Crippen LogP contribution in [0.5, 0.6) is 5.75 Å². The van der Waals surface area contributed by atoms with Crippen molar-refractivity contribution in [3.63, 3.8) is 0 Å². The third kappa shape index (κ3) is 3.62. The molecule has 0 radical (unpaired) electrons. The van der Waals surface area contributed by atoms with Crippen molar-refractivity contribution in [2.75, 3.05) is 43.4 Å². The van der Waals surface area contributed by atoms with Crippen molar-refractivity contribution < 1.29 is 17.9 Å². The largest absolute Gasteiger partial charge is 0.495 e. The molecule has 1 aromatic carbocycles. The van der Waals surface area contributed by atoms with Crippen LogP contribution >= 0.6 is 11.8 Å². The second-order valence-corrected chi connectivity index (χ2v) is 9.34. The highest BCUT2D eigenvalue weighted by molar-refractivity contribution is 8.14. The number of aliphatic imine (C=N–C) groups is 1. The SMILES string of the molecule is COc1ccccc1N1C(SCC(=O)N(C)C)=NC2CS(=O)(=O)CC21. The maximum absolute atomic E-state index is 12.0. The molecule has 0 aromatic heterocycles. The molecular formula is C16H21N3O4S2. The van der Waals surface area contributed by atoms with E-state index >= 15 is 0 Å². The number of methoxy groups -OCH3 is 1. The van der Waals surface area contributed by atoms with Crippen LogP contribution in [0.25, 0.3) is 0 Å². The Kier molecular flexibility index (Phi) is 4.97. The van der Waals surface area contributed by atoms with Gasteiger partial charge in [0.2, 0.25) is 5.91 Å². The predicted octanol–water partition coefficient (Wildman–Crippen LogP) is 0.858. The minimum Gasteiger partial charge on any atom is -0.495 e. The maximum atomic E-state index is 12.0. The van der Waals surface area contributed by atoms with Gasteiger partial charge in [0.05, 0.1) is 42.1 Å². The average molecular weight is 383 g/mol. The first-order valence-corrected chi connectivity index (χ1v) is 10.7. The fourth-order valence-corrected chi connectivity index (χ4v) is 5.94. The summed E-state index contributed by atoms with van der Waals surface area (Å²) < 4.78 is 29.5. The second-order valence-electron chi connectivity index (χ2n) is 6.24. The zero-order chi connectivity index (χ0) is 18.2. The standard InChI is InChI=1S/C16H21N3O4S2/c1-18(2)15(20)8-24-16-17-11-9-25(21,22)10-13(11)19(16)12-6-4-5-7-14(12)23-3/h4-7,11,13H,8-10H2,1-3H3. The number of amides is 1. The third-order valence-electron chi connectivity index (χ3n) is 4.28. The lowest BCUT2D eigenvalue weighted by atomic mass is 10.1. The molecule has 0 aliphatic carbocycles. The summed E-state index contributed by atoms with van der Waals surface area (Å²) in [4.78, 5) is 20.0. The summed E-state index contributed by atoms with van der Waals surface area (Å²) in [7, 11) is 1.89. The Morgan fingerprint density at radius 1 is 1.36 bits per heavy atom. The van der Waals surface area contributed by atoms with E-state index in [1.807, 2.05) is 29.2 Å². The zero-order valence-electron chi connectivity index (χ0n) is 14.4. The topological polar surface area (TPSA) is 79.3 Å². The van der Waals surface area contributed by atoms with Gasteiger partial charge < -0.3 is 14.5 Å². The fraction of sp³-hybridized carbons (Fsp3) is 0.500. The minimum absolute atomic E-state index is 0.0163. The molecule has 2 aliphatic heterocycles. The number of ether oxygens (including phenoxy) is 1. The molecule has 1 saturated heterocycles. The number of anilines is 1. The van der Waals surface area contributed by atoms with Gasteiger partial charge in [-0.05, 0) is 12.1 Å². The van der Waals surface area contributed by atoms with E-state index in [0.29, 0.717) is 10.9 Å². The molecule has 0 bridgehead atoms. The van der Waals surface area contributed by atoms with E-state index in [1.54, 1.807) is 21.2 Å². The van der Waals surface area contributed by atoms with Gasteiger partial charge >= 0.3 is 0 Å². The molecular weight excluding hydrogens is 362 g/mol. The molecule has 1 aromatic rings. The summed E-state index contributed by atoms with van der Waals surface area (Å²) in [6.07, 6.45) is 0. The van der Waals surface area contributed by atoms with Crippen LogP contribution < -0.4 is 9.64 Å². The number of fused-ring (bicyclic) bond motifs is 1. The molecule has 1 amide bonds. The van der Waals surface area contributed by atoms with Crippen molar-refractivity contribution in [1.29, 1.82) is 0 Å². The highest BCUT2D eigenvalue weighted by Crippen LogP contribution is 2.39. The van der Waals surface area contributed by atoms with Gasteiger partial charge in [0.25, 0.3) is 0 Å². The van der Waals surface area contributed by atoms with Crippen molar-refractivity contribution in [3.8, 4) is 5.75 Å². The number of para-hydroxylation sites is 2. The first-order valence-electron chi connectivity index (χ1n) is 7.86. The summed E-state index contributed by atoms with van der Waals surface area (Å²) in [5.74, 6) is 1.00. The Morgan fingerprint density at radius 2 is 2.08 bits per heavy atom. The van der Waals surface area contributed by atoms with E-state index in [2.05, 4.69) is 4.99 Å². The number of benzene rings is 1. The Labute approximate surface area is 152 Å². The highest BCUT2D eigenvalue weighted by Gasteiger charge is 2.47. The lowest BCUT2D eigenvalue weighted by molar-refractivity contribution is -0.125. The van der Waals surface area contributed by atoms with Gasteiger partial charge in [0.1, 0.15) is 5.75 Å². The molecule has 2 atom stereocenters. The van der Waals surface area contributed by atoms with Gasteiger partial charge in [0, 0.05) is 14.1 Å². The van der Waals surface area contributed by atoms with Crippen LogP contribution in [0.3, 0.4) is 0 Å². The molecule has 1 fully saturated rings. The molecule has 0 spiro atoms. The minimum atomic E-state index is -3.11. The Bertz CT molecular complexity index is 807. The maximum Gasteiger partial charge on any atom is 0.232 e. The molecule has 2 aliphatic rings. The van der Waals surface area contributed by atoms with E-state index in [0.717, 1.165) is 5.69 Å². The average Bonchev–Trinajstić information content (AvgIpc) is 3.03. The number of amidine groups is 1. The first-order chi connectivity index (χ1) is 11.8. The molecule has 7 nitrogen and oxygen atoms in total. The van der Waals surface area contributed by atoms with Gasteiger partial charge in [-0.25, -0.2) is 8.42 Å². The first kappa shape index (κ1) is 18.1. The normalized spacial score (nSPS) is 24.0. The summed E-state index contributed by atoms with van der Waals surface area (Å²) in [6, 6.07) is 6.91. The van der Waals surface area contributed by atoms with Crippen molar-refractivity contribution in [3.05, 3.63) is 24.3 Å². The second kappa shape index (κ2) is 6.87. The number of nitrogens with zero attached hydrogens (tertiary/aromatic N) is 3. The van der Waals surface area contributed by atoms with Crippen LogP contribution in [-0.2, 0) is 14.6 Å². The Hall–Kier alpha value is -1.74. The van der Waals surface area contributed by atoms with E-state index < -0.39 is 9.84 Å². The monoisotopic (exact) mass is 383 g/mol. The van der Waals surface area contributed by atoms with Crippen molar-refractivity contribution in [2.24, 2.45) is 4.99 Å². The zero-order valence-corrected chi connectivity index (χ0v) is 16.0. The number of hydrogen-bond donors (Lipinski definition) is 0. The summed E-state index contributed by atoms with van der Waals surface area (Å²) in [5.41, 5.74) is 0.776. The van der Waals surface area contributed by atoms with Crippen LogP contribution in [0.4, 0.5) is 5.69 Å². The molecule has 9 heteroatoms. The van der Waals surface area contributed by atoms with Gasteiger partial charge in [0.15, 0.2) is 15.0 Å². The van der Waals surface area contributed by atoms with Gasteiger partial charge in [-0.15, -0.1) is 0 Å². The number of carbonyl (C=O) groups excluding carboxylic acids is 1. The molecule has 2 heterocycles. The summed E-state index contributed by atoms with van der Waals surface area (Å²) >= 11 is 1.33. The van der Waals surface area contributed by atoms with Gasteiger partial charge in [-0.2, -0.15) is 0 Å². The summed E-state index contributed by atoms with van der Waals surface area (Å²) in [5, 5.41) is 0.671. The van der Waals surface area contributed by atoms with Crippen LogP contribution in [0.1, 0.15) is 0 Å². The Balaban J connectivity index is 1.93. The smallest absolute Gasteiger partial charge is 0.232 e. The van der Waals surface area contributed by atoms with Crippen LogP contribution in [0.2, 0.25) is 0 Å². The van der Waals surface area contributed by atoms with E-state index in [9.17, 15) is 13.2 Å². The highest BCUT2D eigenvalue weighted by atomic mass is 32.2. The molecule has 2 unspecified atom stereocenters. The van der Waals surface area contributed by atoms with E-state index in [-0.39, 0.29) is 35.2 Å². The number of rotatable bonds is 4. The van der Waals surface area contributed by atoms with E-state index in [4.69, 9.17) is 4.74 Å².